The maximum atomic E-state index is 12.2. The summed E-state index contributed by atoms with van der Waals surface area (Å²) in [6.07, 6.45) is 9.54. The van der Waals surface area contributed by atoms with Crippen LogP contribution in [0.5, 0.6) is 0 Å². The summed E-state index contributed by atoms with van der Waals surface area (Å²) in [5.74, 6) is 0.299. The highest BCUT2D eigenvalue weighted by Crippen LogP contribution is 2.25. The summed E-state index contributed by atoms with van der Waals surface area (Å²) in [6, 6.07) is 1.63. The molecule has 0 N–H and O–H groups in total. The van der Waals surface area contributed by atoms with E-state index in [-0.39, 0.29) is 23.8 Å². The van der Waals surface area contributed by atoms with Crippen LogP contribution in [0, 0.1) is 5.92 Å². The second-order valence-corrected chi connectivity index (χ2v) is 6.21. The fourth-order valence-electron chi connectivity index (χ4n) is 3.39. The number of hydrogen-bond acceptors (Lipinski definition) is 4. The van der Waals surface area contributed by atoms with Crippen LogP contribution in [0.15, 0.2) is 17.1 Å². The van der Waals surface area contributed by atoms with Gasteiger partial charge in [0, 0.05) is 25.1 Å². The van der Waals surface area contributed by atoms with Gasteiger partial charge in [0.2, 0.25) is 0 Å². The molecule has 21 heavy (non-hydrogen) atoms. The van der Waals surface area contributed by atoms with E-state index in [9.17, 15) is 9.59 Å². The molecule has 5 nitrogen and oxygen atoms in total. The van der Waals surface area contributed by atoms with E-state index >= 15 is 0 Å². The maximum Gasteiger partial charge on any atom is 0.269 e. The molecular formula is C16H23N3O2. The molecule has 3 rings (SSSR count). The summed E-state index contributed by atoms with van der Waals surface area (Å²) in [4.78, 5) is 26.5. The van der Waals surface area contributed by atoms with Gasteiger partial charge in [-0.05, 0) is 32.1 Å². The molecule has 0 amide bonds. The summed E-state index contributed by atoms with van der Waals surface area (Å²) in [5.41, 5.74) is 0.730. The molecule has 5 heteroatoms. The normalized spacial score (nSPS) is 19.9. The number of piperidine rings is 1. The number of anilines is 1. The van der Waals surface area contributed by atoms with Crippen LogP contribution >= 0.6 is 0 Å². The van der Waals surface area contributed by atoms with Gasteiger partial charge in [0.05, 0.1) is 11.9 Å². The van der Waals surface area contributed by atoms with Gasteiger partial charge in [-0.15, -0.1) is 0 Å². The minimum atomic E-state index is -0.163. The number of Topliss-reactive ketones (excluding diaryl/α,β-unsaturated/α-hetero) is 1. The Bertz CT molecular complexity index is 555. The van der Waals surface area contributed by atoms with E-state index in [1.54, 1.807) is 12.3 Å². The first-order valence-corrected chi connectivity index (χ1v) is 8.09. The van der Waals surface area contributed by atoms with Crippen molar-refractivity contribution in [2.75, 3.05) is 18.0 Å². The number of carbonyl (C=O) groups excluding carboxylic acids is 1. The lowest BCUT2D eigenvalue weighted by molar-refractivity contribution is -0.123. The molecule has 0 bridgehead atoms. The molecule has 0 spiro atoms. The highest BCUT2D eigenvalue weighted by Gasteiger charge is 2.23. The predicted octanol–water partition coefficient (Wildman–Crippen LogP) is 1.99. The highest BCUT2D eigenvalue weighted by atomic mass is 16.1. The van der Waals surface area contributed by atoms with Crippen LogP contribution in [0.2, 0.25) is 0 Å². The molecular weight excluding hydrogens is 266 g/mol. The summed E-state index contributed by atoms with van der Waals surface area (Å²) >= 11 is 0. The van der Waals surface area contributed by atoms with Crippen LogP contribution in [-0.2, 0) is 11.3 Å². The second kappa shape index (κ2) is 6.41. The van der Waals surface area contributed by atoms with E-state index in [0.29, 0.717) is 0 Å². The van der Waals surface area contributed by atoms with Crippen LogP contribution in [0.1, 0.15) is 44.9 Å². The first-order chi connectivity index (χ1) is 10.2. The molecule has 0 unspecified atom stereocenters. The van der Waals surface area contributed by atoms with E-state index in [4.69, 9.17) is 0 Å². The van der Waals surface area contributed by atoms with Gasteiger partial charge in [0.1, 0.15) is 6.54 Å². The average molecular weight is 289 g/mol. The molecule has 1 saturated carbocycles. The fraction of sp³-hybridized carbons (Fsp3) is 0.688. The standard InChI is InChI=1S/C16H23N3O2/c20-15(13-6-2-3-7-13)12-19-16(21)10-14(11-17-19)18-8-4-1-5-9-18/h10-11,13H,1-9,12H2. The van der Waals surface area contributed by atoms with Gasteiger partial charge in [-0.25, -0.2) is 4.68 Å². The number of hydrogen-bond donors (Lipinski definition) is 0. The topological polar surface area (TPSA) is 55.2 Å². The third kappa shape index (κ3) is 3.34. The molecule has 2 aliphatic rings. The Morgan fingerprint density at radius 2 is 1.86 bits per heavy atom. The van der Waals surface area contributed by atoms with Gasteiger partial charge in [0.15, 0.2) is 5.78 Å². The number of nitrogens with zero attached hydrogens (tertiary/aromatic N) is 3. The lowest BCUT2D eigenvalue weighted by Gasteiger charge is -2.28. The first-order valence-electron chi connectivity index (χ1n) is 8.09. The summed E-state index contributed by atoms with van der Waals surface area (Å²) in [7, 11) is 0. The van der Waals surface area contributed by atoms with E-state index in [2.05, 4.69) is 10.00 Å². The van der Waals surface area contributed by atoms with Gasteiger partial charge in [-0.3, -0.25) is 9.59 Å². The number of ketones is 1. The third-order valence-electron chi connectivity index (χ3n) is 4.69. The molecule has 1 saturated heterocycles. The van der Waals surface area contributed by atoms with Crippen molar-refractivity contribution < 1.29 is 4.79 Å². The Labute approximate surface area is 124 Å². The van der Waals surface area contributed by atoms with Gasteiger partial charge >= 0.3 is 0 Å². The quantitative estimate of drug-likeness (QED) is 0.850. The smallest absolute Gasteiger partial charge is 0.269 e. The fourth-order valence-corrected chi connectivity index (χ4v) is 3.39. The number of aromatic nitrogens is 2. The van der Waals surface area contributed by atoms with Gasteiger partial charge < -0.3 is 4.90 Å². The Morgan fingerprint density at radius 3 is 2.52 bits per heavy atom. The Morgan fingerprint density at radius 1 is 1.14 bits per heavy atom. The molecule has 2 fully saturated rings. The van der Waals surface area contributed by atoms with E-state index in [0.717, 1.165) is 44.5 Å². The zero-order valence-corrected chi connectivity index (χ0v) is 12.5. The Hall–Kier alpha value is -1.65. The van der Waals surface area contributed by atoms with Crippen molar-refractivity contribution in [3.8, 4) is 0 Å². The first kappa shape index (κ1) is 14.3. The van der Waals surface area contributed by atoms with Crippen molar-refractivity contribution in [1.29, 1.82) is 0 Å². The Balaban J connectivity index is 1.69. The lowest BCUT2D eigenvalue weighted by Crippen LogP contribution is -2.33. The molecule has 2 heterocycles. The summed E-state index contributed by atoms with van der Waals surface area (Å²) in [5, 5.41) is 4.21. The zero-order chi connectivity index (χ0) is 14.7. The van der Waals surface area contributed by atoms with E-state index < -0.39 is 0 Å². The molecule has 0 radical (unpaired) electrons. The Kier molecular flexibility index (Phi) is 4.36. The number of carbonyl (C=O) groups is 1. The highest BCUT2D eigenvalue weighted by molar-refractivity contribution is 5.80. The minimum Gasteiger partial charge on any atom is -0.370 e. The van der Waals surface area contributed by atoms with Crippen LogP contribution in [-0.4, -0.2) is 28.7 Å². The molecule has 1 aromatic rings. The second-order valence-electron chi connectivity index (χ2n) is 6.21. The maximum absolute atomic E-state index is 12.2. The van der Waals surface area contributed by atoms with Crippen molar-refractivity contribution >= 4 is 11.5 Å². The van der Waals surface area contributed by atoms with E-state index in [1.165, 1.54) is 23.9 Å². The van der Waals surface area contributed by atoms with Crippen molar-refractivity contribution in [1.82, 2.24) is 9.78 Å². The van der Waals surface area contributed by atoms with E-state index in [1.807, 2.05) is 0 Å². The van der Waals surface area contributed by atoms with Gasteiger partial charge in [-0.1, -0.05) is 12.8 Å². The van der Waals surface area contributed by atoms with Crippen molar-refractivity contribution in [3.05, 3.63) is 22.6 Å². The van der Waals surface area contributed by atoms with Crippen LogP contribution < -0.4 is 10.5 Å². The van der Waals surface area contributed by atoms with Crippen LogP contribution in [0.3, 0.4) is 0 Å². The molecule has 1 aliphatic heterocycles. The van der Waals surface area contributed by atoms with Crippen LogP contribution in [0.4, 0.5) is 5.69 Å². The summed E-state index contributed by atoms with van der Waals surface area (Å²) in [6.45, 7) is 2.11. The molecule has 1 aliphatic carbocycles. The van der Waals surface area contributed by atoms with Gasteiger partial charge in [0.25, 0.3) is 5.56 Å². The molecule has 0 aromatic carbocycles. The number of rotatable bonds is 4. The SMILES string of the molecule is O=C(Cn1ncc(N2CCCCC2)cc1=O)C1CCCC1. The largest absolute Gasteiger partial charge is 0.370 e. The molecule has 0 atom stereocenters. The average Bonchev–Trinajstić information content (AvgIpc) is 3.04. The zero-order valence-electron chi connectivity index (χ0n) is 12.5. The van der Waals surface area contributed by atoms with Crippen LogP contribution in [0.25, 0.3) is 0 Å². The molecule has 114 valence electrons. The predicted molar refractivity (Wildman–Crippen MR) is 81.5 cm³/mol. The van der Waals surface area contributed by atoms with Crippen molar-refractivity contribution in [2.45, 2.75) is 51.5 Å². The molecule has 1 aromatic heterocycles. The van der Waals surface area contributed by atoms with Crippen molar-refractivity contribution in [3.63, 3.8) is 0 Å². The minimum absolute atomic E-state index is 0.129. The van der Waals surface area contributed by atoms with Crippen molar-refractivity contribution in [2.24, 2.45) is 5.92 Å². The summed E-state index contributed by atoms with van der Waals surface area (Å²) < 4.78 is 1.31. The van der Waals surface area contributed by atoms with Gasteiger partial charge in [-0.2, -0.15) is 5.10 Å². The third-order valence-corrected chi connectivity index (χ3v) is 4.69. The lowest BCUT2D eigenvalue weighted by atomic mass is 10.0. The monoisotopic (exact) mass is 289 g/mol.